The first-order valence-electron chi connectivity index (χ1n) is 8.51. The molecule has 29 heavy (non-hydrogen) atoms. The summed E-state index contributed by atoms with van der Waals surface area (Å²) in [6.07, 6.45) is 0.567. The van der Waals surface area contributed by atoms with Gasteiger partial charge in [0.25, 0.3) is 0 Å². The lowest BCUT2D eigenvalue weighted by molar-refractivity contribution is 0.0598. The van der Waals surface area contributed by atoms with Gasteiger partial charge in [-0.1, -0.05) is 11.6 Å². The Kier molecular flexibility index (Phi) is 6.52. The highest BCUT2D eigenvalue weighted by Crippen LogP contribution is 2.38. The number of nitrogens with one attached hydrogen (secondary N) is 1. The smallest absolute Gasteiger partial charge is 0.337 e. The van der Waals surface area contributed by atoms with E-state index in [4.69, 9.17) is 11.6 Å². The fourth-order valence-corrected chi connectivity index (χ4v) is 5.57. The summed E-state index contributed by atoms with van der Waals surface area (Å²) in [5, 5.41) is 0.510. The molecule has 0 aromatic heterocycles. The average Bonchev–Trinajstić information content (AvgIpc) is 2.72. The Morgan fingerprint density at radius 1 is 1.07 bits per heavy atom. The molecular weight excluding hydrogens is 438 g/mol. The number of fused-ring (bicyclic) bond motifs is 1. The zero-order valence-corrected chi connectivity index (χ0v) is 18.0. The molecule has 3 rings (SSSR count). The van der Waals surface area contributed by atoms with Crippen molar-refractivity contribution in [3.63, 3.8) is 0 Å². The van der Waals surface area contributed by atoms with Crippen molar-refractivity contribution in [1.82, 2.24) is 4.72 Å². The first-order valence-corrected chi connectivity index (χ1v) is 11.4. The van der Waals surface area contributed by atoms with Crippen LogP contribution in [-0.2, 0) is 19.5 Å². The first kappa shape index (κ1) is 21.6. The van der Waals surface area contributed by atoms with Crippen LogP contribution in [0.3, 0.4) is 0 Å². The largest absolute Gasteiger partial charge is 0.465 e. The third-order valence-corrected chi connectivity index (χ3v) is 7.18. The van der Waals surface area contributed by atoms with Crippen LogP contribution in [0, 0.1) is 0 Å². The third kappa shape index (κ3) is 4.75. The number of hydrogen-bond acceptors (Lipinski definition) is 7. The van der Waals surface area contributed by atoms with E-state index in [0.29, 0.717) is 11.4 Å². The lowest BCUT2D eigenvalue weighted by Gasteiger charge is -2.26. The second kappa shape index (κ2) is 8.74. The Hall–Kier alpha value is -2.07. The summed E-state index contributed by atoms with van der Waals surface area (Å²) in [7, 11) is -1.73. The standard InChI is InChI=1S/C19H18ClNO6S2/c1-26-18(22)11-7-12(19(23)27-2)9-14(8-11)29(24,25)21-16-5-6-28-17-4-3-13(20)10-15(16)17/h3-4,7-10,16,21H,5-6H2,1-2H3/t16-/m1/s1. The van der Waals surface area contributed by atoms with Gasteiger partial charge in [0.05, 0.1) is 30.2 Å². The Labute approximate surface area is 177 Å². The fraction of sp³-hybridized carbons (Fsp3) is 0.263. The minimum absolute atomic E-state index is 0.0709. The number of ether oxygens (including phenoxy) is 2. The van der Waals surface area contributed by atoms with E-state index in [1.165, 1.54) is 20.3 Å². The van der Waals surface area contributed by atoms with Gasteiger partial charge in [-0.25, -0.2) is 22.7 Å². The van der Waals surface area contributed by atoms with Crippen LogP contribution in [0.25, 0.3) is 0 Å². The van der Waals surface area contributed by atoms with Crippen molar-refractivity contribution in [1.29, 1.82) is 0 Å². The Morgan fingerprint density at radius 3 is 2.28 bits per heavy atom. The zero-order chi connectivity index (χ0) is 21.2. The molecule has 0 unspecified atom stereocenters. The molecule has 2 aromatic rings. The maximum absolute atomic E-state index is 13.1. The normalized spacial score (nSPS) is 16.0. The zero-order valence-electron chi connectivity index (χ0n) is 15.6. The van der Waals surface area contributed by atoms with E-state index in [0.717, 1.165) is 28.3 Å². The molecule has 0 bridgehead atoms. The molecule has 0 amide bonds. The Morgan fingerprint density at radius 2 is 1.69 bits per heavy atom. The van der Waals surface area contributed by atoms with Gasteiger partial charge in [-0.05, 0) is 54.1 Å². The van der Waals surface area contributed by atoms with Crippen LogP contribution in [0.2, 0.25) is 5.02 Å². The summed E-state index contributed by atoms with van der Waals surface area (Å²) < 4.78 is 38.1. The summed E-state index contributed by atoms with van der Waals surface area (Å²) >= 11 is 7.71. The number of halogens is 1. The van der Waals surface area contributed by atoms with E-state index in [9.17, 15) is 18.0 Å². The second-order valence-electron chi connectivity index (χ2n) is 6.22. The van der Waals surface area contributed by atoms with E-state index >= 15 is 0 Å². The van der Waals surface area contributed by atoms with Crippen LogP contribution in [-0.4, -0.2) is 40.3 Å². The number of carbonyl (C=O) groups is 2. The highest BCUT2D eigenvalue weighted by atomic mass is 35.5. The highest BCUT2D eigenvalue weighted by Gasteiger charge is 2.28. The van der Waals surface area contributed by atoms with E-state index in [1.807, 2.05) is 6.07 Å². The van der Waals surface area contributed by atoms with Gasteiger partial charge in [0, 0.05) is 16.0 Å². The second-order valence-corrected chi connectivity index (χ2v) is 9.51. The van der Waals surface area contributed by atoms with E-state index in [-0.39, 0.29) is 16.0 Å². The highest BCUT2D eigenvalue weighted by molar-refractivity contribution is 7.99. The van der Waals surface area contributed by atoms with Crippen LogP contribution < -0.4 is 4.72 Å². The van der Waals surface area contributed by atoms with Crippen LogP contribution in [0.1, 0.15) is 38.7 Å². The molecule has 10 heteroatoms. The number of sulfonamides is 1. The maximum Gasteiger partial charge on any atom is 0.337 e. The van der Waals surface area contributed by atoms with Crippen molar-refractivity contribution in [3.05, 3.63) is 58.1 Å². The van der Waals surface area contributed by atoms with Gasteiger partial charge in [0.2, 0.25) is 10.0 Å². The molecule has 0 radical (unpaired) electrons. The molecule has 1 N–H and O–H groups in total. The summed E-state index contributed by atoms with van der Waals surface area (Å²) in [5.74, 6) is -0.797. The Bertz CT molecular complexity index is 1040. The average molecular weight is 456 g/mol. The van der Waals surface area contributed by atoms with Crippen molar-refractivity contribution < 1.29 is 27.5 Å². The molecular formula is C19H18ClNO6S2. The number of benzene rings is 2. The molecule has 0 saturated carbocycles. The predicted molar refractivity (Wildman–Crippen MR) is 109 cm³/mol. The van der Waals surface area contributed by atoms with Crippen molar-refractivity contribution in [2.45, 2.75) is 22.3 Å². The molecule has 0 spiro atoms. The molecule has 1 aliphatic rings. The van der Waals surface area contributed by atoms with E-state index in [2.05, 4.69) is 14.2 Å². The van der Waals surface area contributed by atoms with Crippen LogP contribution in [0.15, 0.2) is 46.2 Å². The number of hydrogen-bond donors (Lipinski definition) is 1. The lowest BCUT2D eigenvalue weighted by atomic mass is 10.1. The SMILES string of the molecule is COC(=O)c1cc(C(=O)OC)cc(S(=O)(=O)N[C@@H]2CCSc3ccc(Cl)cc32)c1. The van der Waals surface area contributed by atoms with Crippen molar-refractivity contribution in [3.8, 4) is 0 Å². The first-order chi connectivity index (χ1) is 13.7. The van der Waals surface area contributed by atoms with E-state index in [1.54, 1.807) is 23.9 Å². The van der Waals surface area contributed by atoms with Gasteiger partial charge in [-0.3, -0.25) is 0 Å². The predicted octanol–water partition coefficient (Wildman–Crippen LogP) is 3.43. The summed E-state index contributed by atoms with van der Waals surface area (Å²) in [6.45, 7) is 0. The number of rotatable bonds is 5. The number of esters is 2. The summed E-state index contributed by atoms with van der Waals surface area (Å²) in [4.78, 5) is 24.6. The Balaban J connectivity index is 2.01. The minimum Gasteiger partial charge on any atom is -0.465 e. The molecule has 1 aliphatic heterocycles. The molecule has 0 aliphatic carbocycles. The maximum atomic E-state index is 13.1. The lowest BCUT2D eigenvalue weighted by Crippen LogP contribution is -2.31. The van der Waals surface area contributed by atoms with Crippen LogP contribution >= 0.6 is 23.4 Å². The number of methoxy groups -OCH3 is 2. The number of carbonyl (C=O) groups excluding carboxylic acids is 2. The van der Waals surface area contributed by atoms with Crippen LogP contribution in [0.4, 0.5) is 0 Å². The fourth-order valence-electron chi connectivity index (χ4n) is 2.97. The molecule has 1 atom stereocenters. The van der Waals surface area contributed by atoms with Gasteiger partial charge < -0.3 is 9.47 Å². The molecule has 0 saturated heterocycles. The summed E-state index contributed by atoms with van der Waals surface area (Å²) in [6, 6.07) is 8.42. The quantitative estimate of drug-likeness (QED) is 0.689. The topological polar surface area (TPSA) is 98.8 Å². The van der Waals surface area contributed by atoms with Gasteiger partial charge >= 0.3 is 11.9 Å². The molecule has 1 heterocycles. The van der Waals surface area contributed by atoms with Gasteiger partial charge in [0.1, 0.15) is 0 Å². The number of thioether (sulfide) groups is 1. The van der Waals surface area contributed by atoms with Gasteiger partial charge in [-0.15, -0.1) is 11.8 Å². The monoisotopic (exact) mass is 455 g/mol. The van der Waals surface area contributed by atoms with E-state index < -0.39 is 28.0 Å². The molecule has 2 aromatic carbocycles. The minimum atomic E-state index is -4.06. The summed E-state index contributed by atoms with van der Waals surface area (Å²) in [5.41, 5.74) is 0.645. The third-order valence-electron chi connectivity index (χ3n) is 4.37. The molecule has 154 valence electrons. The van der Waals surface area contributed by atoms with Crippen molar-refractivity contribution >= 4 is 45.3 Å². The molecule has 7 nitrogen and oxygen atoms in total. The molecule has 0 fully saturated rings. The van der Waals surface area contributed by atoms with Gasteiger partial charge in [0.15, 0.2) is 0 Å². The van der Waals surface area contributed by atoms with Crippen molar-refractivity contribution in [2.24, 2.45) is 0 Å². The van der Waals surface area contributed by atoms with Crippen molar-refractivity contribution in [2.75, 3.05) is 20.0 Å². The van der Waals surface area contributed by atoms with Gasteiger partial charge in [-0.2, -0.15) is 0 Å². The van der Waals surface area contributed by atoms with Crippen LogP contribution in [0.5, 0.6) is 0 Å².